The highest BCUT2D eigenvalue weighted by Crippen LogP contribution is 2.40. The topological polar surface area (TPSA) is 0 Å². The molecule has 0 radical (unpaired) electrons. The third-order valence-corrected chi connectivity index (χ3v) is 7.26. The normalized spacial score (nSPS) is 12.4. The molecule has 0 amide bonds. The van der Waals surface area contributed by atoms with Gasteiger partial charge in [-0.15, -0.1) is 0 Å². The first-order chi connectivity index (χ1) is 15.8. The van der Waals surface area contributed by atoms with Crippen LogP contribution in [0.15, 0.2) is 109 Å². The highest BCUT2D eigenvalue weighted by molar-refractivity contribution is 6.25. The number of rotatable bonds is 1. The molecular weight excluding hydrogens is 384 g/mol. The minimum Gasteiger partial charge on any atom is -0.0610 e. The van der Waals surface area contributed by atoms with Crippen LogP contribution < -0.4 is 0 Å². The van der Waals surface area contributed by atoms with Crippen molar-refractivity contribution < 1.29 is 0 Å². The van der Waals surface area contributed by atoms with Crippen molar-refractivity contribution in [2.24, 2.45) is 0 Å². The average Bonchev–Trinajstić information content (AvgIpc) is 2.85. The first-order valence-corrected chi connectivity index (χ1v) is 11.2. The van der Waals surface area contributed by atoms with Gasteiger partial charge in [0.25, 0.3) is 0 Å². The van der Waals surface area contributed by atoms with Gasteiger partial charge in [0.05, 0.1) is 0 Å². The van der Waals surface area contributed by atoms with E-state index in [2.05, 4.69) is 109 Å². The van der Waals surface area contributed by atoms with Gasteiger partial charge in [0, 0.05) is 0 Å². The molecule has 8 aromatic rings. The molecule has 0 saturated carbocycles. The van der Waals surface area contributed by atoms with E-state index in [1.54, 1.807) is 0 Å². The Morgan fingerprint density at radius 1 is 0.250 bits per heavy atom. The fourth-order valence-corrected chi connectivity index (χ4v) is 5.84. The Kier molecular flexibility index (Phi) is 2.97. The highest BCUT2D eigenvalue weighted by Gasteiger charge is 2.13. The molecule has 0 bridgehead atoms. The van der Waals surface area contributed by atoms with Gasteiger partial charge < -0.3 is 0 Å². The molecular formula is C32H18. The van der Waals surface area contributed by atoms with Gasteiger partial charge >= 0.3 is 0 Å². The van der Waals surface area contributed by atoms with Crippen LogP contribution in [0.4, 0.5) is 0 Å². The molecule has 8 rings (SSSR count). The van der Waals surface area contributed by atoms with Crippen molar-refractivity contribution in [3.05, 3.63) is 109 Å². The van der Waals surface area contributed by atoms with Crippen LogP contribution in [0.1, 0.15) is 0 Å². The van der Waals surface area contributed by atoms with Crippen LogP contribution in [-0.4, -0.2) is 0 Å². The predicted molar refractivity (Wildman–Crippen MR) is 139 cm³/mol. The van der Waals surface area contributed by atoms with E-state index in [-0.39, 0.29) is 0 Å². The fourth-order valence-electron chi connectivity index (χ4n) is 5.84. The average molecular weight is 402 g/mol. The van der Waals surface area contributed by atoms with Crippen molar-refractivity contribution in [2.45, 2.75) is 0 Å². The zero-order valence-corrected chi connectivity index (χ0v) is 17.4. The third-order valence-electron chi connectivity index (χ3n) is 7.26. The van der Waals surface area contributed by atoms with Gasteiger partial charge in [-0.3, -0.25) is 0 Å². The summed E-state index contributed by atoms with van der Waals surface area (Å²) in [6.45, 7) is 0. The Hall–Kier alpha value is -4.16. The maximum atomic E-state index is 2.36. The molecule has 0 fully saturated rings. The second-order valence-electron chi connectivity index (χ2n) is 9.02. The third kappa shape index (κ3) is 2.07. The SMILES string of the molecule is c1cc2ccc3cc(-c4cc5ccc6cccc7ccc(c4)c5c67)cc4ccc(c1)c2c34. The summed E-state index contributed by atoms with van der Waals surface area (Å²) >= 11 is 0. The molecule has 0 nitrogen and oxygen atoms in total. The Morgan fingerprint density at radius 3 is 0.812 bits per heavy atom. The number of benzene rings is 8. The van der Waals surface area contributed by atoms with Crippen molar-refractivity contribution in [3.63, 3.8) is 0 Å². The molecule has 0 aliphatic heterocycles. The molecule has 0 N–H and O–H groups in total. The van der Waals surface area contributed by atoms with E-state index in [0.717, 1.165) is 0 Å². The lowest BCUT2D eigenvalue weighted by Gasteiger charge is -2.15. The smallest absolute Gasteiger partial charge is 0.00264 e. The summed E-state index contributed by atoms with van der Waals surface area (Å²) in [5.41, 5.74) is 2.56. The quantitative estimate of drug-likeness (QED) is 0.240. The molecule has 0 heterocycles. The van der Waals surface area contributed by atoms with Crippen LogP contribution in [0.2, 0.25) is 0 Å². The molecule has 0 saturated heterocycles. The minimum absolute atomic E-state index is 1.28. The van der Waals surface area contributed by atoms with Gasteiger partial charge in [0.15, 0.2) is 0 Å². The van der Waals surface area contributed by atoms with Crippen LogP contribution in [0.5, 0.6) is 0 Å². The van der Waals surface area contributed by atoms with Gasteiger partial charge in [-0.2, -0.15) is 0 Å². The molecule has 0 aromatic heterocycles. The van der Waals surface area contributed by atoms with E-state index in [9.17, 15) is 0 Å². The predicted octanol–water partition coefficient (Wildman–Crippen LogP) is 9.15. The maximum absolute atomic E-state index is 2.36. The Labute approximate surface area is 185 Å². The molecule has 0 heteroatoms. The van der Waals surface area contributed by atoms with Crippen LogP contribution in [0.3, 0.4) is 0 Å². The lowest BCUT2D eigenvalue weighted by atomic mass is 9.89. The van der Waals surface area contributed by atoms with E-state index < -0.39 is 0 Å². The molecule has 0 unspecified atom stereocenters. The van der Waals surface area contributed by atoms with E-state index in [1.165, 1.54) is 75.8 Å². The van der Waals surface area contributed by atoms with Gasteiger partial charge in [0.1, 0.15) is 0 Å². The van der Waals surface area contributed by atoms with E-state index >= 15 is 0 Å². The van der Waals surface area contributed by atoms with Crippen molar-refractivity contribution >= 4 is 64.6 Å². The summed E-state index contributed by atoms with van der Waals surface area (Å²) in [5, 5.41) is 16.0. The summed E-state index contributed by atoms with van der Waals surface area (Å²) in [7, 11) is 0. The summed E-state index contributed by atoms with van der Waals surface area (Å²) in [6, 6.07) is 40.8. The van der Waals surface area contributed by atoms with E-state index in [0.29, 0.717) is 0 Å². The molecule has 0 aliphatic carbocycles. The summed E-state index contributed by atoms with van der Waals surface area (Å²) in [6.07, 6.45) is 0. The van der Waals surface area contributed by atoms with Crippen molar-refractivity contribution in [2.75, 3.05) is 0 Å². The number of hydrogen-bond donors (Lipinski definition) is 0. The minimum atomic E-state index is 1.28. The largest absolute Gasteiger partial charge is 0.0610 e. The van der Waals surface area contributed by atoms with Gasteiger partial charge in [-0.25, -0.2) is 0 Å². The first kappa shape index (κ1) is 16.5. The second-order valence-corrected chi connectivity index (χ2v) is 9.02. The molecule has 0 atom stereocenters. The highest BCUT2D eigenvalue weighted by atomic mass is 14.2. The first-order valence-electron chi connectivity index (χ1n) is 11.2. The Balaban J connectivity index is 1.46. The second kappa shape index (κ2) is 5.75. The zero-order chi connectivity index (χ0) is 20.8. The van der Waals surface area contributed by atoms with Crippen molar-refractivity contribution in [1.82, 2.24) is 0 Å². The van der Waals surface area contributed by atoms with Gasteiger partial charge in [0.2, 0.25) is 0 Å². The fraction of sp³-hybridized carbons (Fsp3) is 0. The summed E-state index contributed by atoms with van der Waals surface area (Å²) < 4.78 is 0. The summed E-state index contributed by atoms with van der Waals surface area (Å²) in [4.78, 5) is 0. The van der Waals surface area contributed by atoms with Crippen molar-refractivity contribution in [1.29, 1.82) is 0 Å². The number of hydrogen-bond acceptors (Lipinski definition) is 0. The standard InChI is InChI=1S/C32H18/c1-3-19-7-11-23-15-27(16-24-12-8-20(4-1)29(19)31(23)24)28-17-25-13-9-21-5-2-6-22-10-14-26(18-28)32(25)30(21)22/h1-18H. The van der Waals surface area contributed by atoms with E-state index in [1.807, 2.05) is 0 Å². The van der Waals surface area contributed by atoms with Crippen LogP contribution >= 0.6 is 0 Å². The molecule has 0 spiro atoms. The molecule has 0 aliphatic rings. The van der Waals surface area contributed by atoms with Crippen LogP contribution in [0, 0.1) is 0 Å². The zero-order valence-electron chi connectivity index (χ0n) is 17.4. The Morgan fingerprint density at radius 2 is 0.500 bits per heavy atom. The monoisotopic (exact) mass is 402 g/mol. The molecule has 8 aromatic carbocycles. The lowest BCUT2D eigenvalue weighted by Crippen LogP contribution is -1.88. The maximum Gasteiger partial charge on any atom is -0.00264 e. The molecule has 146 valence electrons. The summed E-state index contributed by atoms with van der Waals surface area (Å²) in [5.74, 6) is 0. The van der Waals surface area contributed by atoms with Crippen LogP contribution in [0.25, 0.3) is 75.8 Å². The lowest BCUT2D eigenvalue weighted by molar-refractivity contribution is 1.71. The van der Waals surface area contributed by atoms with Crippen LogP contribution in [-0.2, 0) is 0 Å². The van der Waals surface area contributed by atoms with E-state index in [4.69, 9.17) is 0 Å². The van der Waals surface area contributed by atoms with Crippen molar-refractivity contribution in [3.8, 4) is 11.1 Å². The van der Waals surface area contributed by atoms with Gasteiger partial charge in [-0.05, 0) is 100 Å². The van der Waals surface area contributed by atoms with Gasteiger partial charge in [-0.1, -0.05) is 84.9 Å². The molecule has 32 heavy (non-hydrogen) atoms. The Bertz CT molecular complexity index is 1700.